The molecule has 1 aromatic heterocycles. The number of nitrogens with zero attached hydrogens (tertiary/aromatic N) is 1. The first-order valence-electron chi connectivity index (χ1n) is 4.42. The summed E-state index contributed by atoms with van der Waals surface area (Å²) in [6.07, 6.45) is 6.80. The summed E-state index contributed by atoms with van der Waals surface area (Å²) in [5.74, 6) is 3.15. The Morgan fingerprint density at radius 2 is 2.27 bits per heavy atom. The Bertz CT molecular complexity index is 531. The molecule has 0 saturated heterocycles. The highest BCUT2D eigenvalue weighted by atomic mass is 35.5. The van der Waals surface area contributed by atoms with Gasteiger partial charge in [-0.25, -0.2) is 0 Å². The SMILES string of the molecule is C#CCOc1ccnc2cc(Cl)ccc12. The van der Waals surface area contributed by atoms with Gasteiger partial charge in [0.15, 0.2) is 0 Å². The van der Waals surface area contributed by atoms with Crippen LogP contribution < -0.4 is 4.74 Å². The highest BCUT2D eigenvalue weighted by Gasteiger charge is 2.02. The Kier molecular flexibility index (Phi) is 2.75. The van der Waals surface area contributed by atoms with Crippen LogP contribution in [0.5, 0.6) is 5.75 Å². The van der Waals surface area contributed by atoms with Crippen molar-refractivity contribution >= 4 is 22.5 Å². The molecule has 0 aliphatic carbocycles. The highest BCUT2D eigenvalue weighted by molar-refractivity contribution is 6.31. The molecule has 2 aromatic rings. The summed E-state index contributed by atoms with van der Waals surface area (Å²) in [4.78, 5) is 4.19. The third-order valence-electron chi connectivity index (χ3n) is 1.98. The van der Waals surface area contributed by atoms with E-state index in [4.69, 9.17) is 22.8 Å². The van der Waals surface area contributed by atoms with Gasteiger partial charge in [-0.3, -0.25) is 4.98 Å². The molecule has 0 unspecified atom stereocenters. The molecule has 0 atom stereocenters. The Hall–Kier alpha value is -1.72. The Morgan fingerprint density at radius 1 is 1.40 bits per heavy atom. The number of aromatic nitrogens is 1. The van der Waals surface area contributed by atoms with Crippen LogP contribution in [0.25, 0.3) is 10.9 Å². The molecule has 0 saturated carbocycles. The van der Waals surface area contributed by atoms with Crippen molar-refractivity contribution in [3.8, 4) is 18.1 Å². The first-order valence-corrected chi connectivity index (χ1v) is 4.79. The van der Waals surface area contributed by atoms with Gasteiger partial charge in [0.05, 0.1) is 5.52 Å². The summed E-state index contributed by atoms with van der Waals surface area (Å²) in [5, 5.41) is 1.57. The van der Waals surface area contributed by atoms with E-state index in [2.05, 4.69) is 10.9 Å². The van der Waals surface area contributed by atoms with Crippen LogP contribution in [0.15, 0.2) is 30.5 Å². The third kappa shape index (κ3) is 2.03. The van der Waals surface area contributed by atoms with Gasteiger partial charge in [-0.2, -0.15) is 0 Å². The molecule has 0 N–H and O–H groups in total. The average molecular weight is 218 g/mol. The van der Waals surface area contributed by atoms with Crippen molar-refractivity contribution in [1.82, 2.24) is 4.98 Å². The van der Waals surface area contributed by atoms with Gasteiger partial charge in [0.25, 0.3) is 0 Å². The minimum absolute atomic E-state index is 0.252. The minimum Gasteiger partial charge on any atom is -0.480 e. The van der Waals surface area contributed by atoms with Crippen LogP contribution in [0.2, 0.25) is 5.02 Å². The first-order chi connectivity index (χ1) is 7.31. The van der Waals surface area contributed by atoms with Gasteiger partial charge in [0.2, 0.25) is 0 Å². The van der Waals surface area contributed by atoms with E-state index in [1.54, 1.807) is 24.4 Å². The van der Waals surface area contributed by atoms with E-state index in [1.807, 2.05) is 6.07 Å². The number of fused-ring (bicyclic) bond motifs is 1. The van der Waals surface area contributed by atoms with Crippen molar-refractivity contribution in [3.63, 3.8) is 0 Å². The quantitative estimate of drug-likeness (QED) is 0.722. The van der Waals surface area contributed by atoms with Crippen LogP contribution >= 0.6 is 11.6 Å². The summed E-state index contributed by atoms with van der Waals surface area (Å²) in [6, 6.07) is 7.25. The van der Waals surface area contributed by atoms with Crippen LogP contribution in [0.1, 0.15) is 0 Å². The molecule has 0 radical (unpaired) electrons. The molecule has 74 valence electrons. The van der Waals surface area contributed by atoms with Crippen LogP contribution in [0, 0.1) is 12.3 Å². The molecule has 0 aliphatic heterocycles. The molecule has 1 heterocycles. The normalized spacial score (nSPS) is 9.87. The first kappa shape index (κ1) is 9.82. The second-order valence-electron chi connectivity index (χ2n) is 2.96. The lowest BCUT2D eigenvalue weighted by Gasteiger charge is -2.05. The largest absolute Gasteiger partial charge is 0.480 e. The maximum Gasteiger partial charge on any atom is 0.148 e. The molecule has 15 heavy (non-hydrogen) atoms. The Morgan fingerprint density at radius 3 is 3.07 bits per heavy atom. The summed E-state index contributed by atoms with van der Waals surface area (Å²) in [6.45, 7) is 0.252. The predicted molar refractivity (Wildman–Crippen MR) is 61.1 cm³/mol. The van der Waals surface area contributed by atoms with E-state index in [9.17, 15) is 0 Å². The third-order valence-corrected chi connectivity index (χ3v) is 2.21. The van der Waals surface area contributed by atoms with Gasteiger partial charge in [0, 0.05) is 16.6 Å². The fraction of sp³-hybridized carbons (Fsp3) is 0.0833. The zero-order chi connectivity index (χ0) is 10.7. The number of ether oxygens (including phenoxy) is 1. The smallest absolute Gasteiger partial charge is 0.148 e. The van der Waals surface area contributed by atoms with Crippen LogP contribution in [-0.4, -0.2) is 11.6 Å². The van der Waals surface area contributed by atoms with E-state index in [0.717, 1.165) is 16.7 Å². The fourth-order valence-corrected chi connectivity index (χ4v) is 1.51. The predicted octanol–water partition coefficient (Wildman–Crippen LogP) is 2.90. The summed E-state index contributed by atoms with van der Waals surface area (Å²) in [7, 11) is 0. The minimum atomic E-state index is 0.252. The van der Waals surface area contributed by atoms with Gasteiger partial charge in [-0.05, 0) is 24.3 Å². The topological polar surface area (TPSA) is 22.1 Å². The number of terminal acetylenes is 1. The standard InChI is InChI=1S/C12H8ClNO/c1-2-7-15-12-5-6-14-11-8-9(13)3-4-10(11)12/h1,3-6,8H,7H2. The van der Waals surface area contributed by atoms with Crippen LogP contribution in [0.3, 0.4) is 0 Å². The number of rotatable bonds is 2. The van der Waals surface area contributed by atoms with Gasteiger partial charge in [-0.1, -0.05) is 17.5 Å². The maximum absolute atomic E-state index is 5.86. The molecule has 0 amide bonds. The second-order valence-corrected chi connectivity index (χ2v) is 3.40. The van der Waals surface area contributed by atoms with E-state index < -0.39 is 0 Å². The van der Waals surface area contributed by atoms with Crippen molar-refractivity contribution in [2.75, 3.05) is 6.61 Å². The maximum atomic E-state index is 5.86. The molecular weight excluding hydrogens is 210 g/mol. The fourth-order valence-electron chi connectivity index (χ4n) is 1.34. The van der Waals surface area contributed by atoms with E-state index >= 15 is 0 Å². The molecular formula is C12H8ClNO. The van der Waals surface area contributed by atoms with Crippen LogP contribution in [-0.2, 0) is 0 Å². The zero-order valence-electron chi connectivity index (χ0n) is 7.90. The number of hydrogen-bond donors (Lipinski definition) is 0. The van der Waals surface area contributed by atoms with Crippen molar-refractivity contribution < 1.29 is 4.74 Å². The summed E-state index contributed by atoms with van der Waals surface area (Å²) < 4.78 is 5.39. The second kappa shape index (κ2) is 4.20. The molecule has 3 heteroatoms. The molecule has 0 spiro atoms. The van der Waals surface area contributed by atoms with E-state index in [1.165, 1.54) is 0 Å². The summed E-state index contributed by atoms with van der Waals surface area (Å²) in [5.41, 5.74) is 0.803. The van der Waals surface area contributed by atoms with Gasteiger partial charge >= 0.3 is 0 Å². The molecule has 2 nitrogen and oxygen atoms in total. The lowest BCUT2D eigenvalue weighted by atomic mass is 10.2. The number of pyridine rings is 1. The molecule has 0 bridgehead atoms. The Balaban J connectivity index is 2.52. The lowest BCUT2D eigenvalue weighted by Crippen LogP contribution is -1.94. The van der Waals surface area contributed by atoms with Crippen molar-refractivity contribution in [1.29, 1.82) is 0 Å². The zero-order valence-corrected chi connectivity index (χ0v) is 8.66. The number of benzene rings is 1. The summed E-state index contributed by atoms with van der Waals surface area (Å²) >= 11 is 5.86. The average Bonchev–Trinajstić information content (AvgIpc) is 2.25. The monoisotopic (exact) mass is 217 g/mol. The number of halogens is 1. The highest BCUT2D eigenvalue weighted by Crippen LogP contribution is 2.25. The number of hydrogen-bond acceptors (Lipinski definition) is 2. The molecule has 0 aliphatic rings. The van der Waals surface area contributed by atoms with E-state index in [-0.39, 0.29) is 6.61 Å². The van der Waals surface area contributed by atoms with Gasteiger partial charge in [-0.15, -0.1) is 6.42 Å². The molecule has 0 fully saturated rings. The Labute approximate surface area is 92.8 Å². The van der Waals surface area contributed by atoms with E-state index in [0.29, 0.717) is 5.02 Å². The van der Waals surface area contributed by atoms with Gasteiger partial charge in [0.1, 0.15) is 12.4 Å². The van der Waals surface area contributed by atoms with Crippen LogP contribution in [0.4, 0.5) is 0 Å². The molecule has 1 aromatic carbocycles. The van der Waals surface area contributed by atoms with Gasteiger partial charge < -0.3 is 4.74 Å². The molecule has 2 rings (SSSR count). The van der Waals surface area contributed by atoms with Crippen molar-refractivity contribution in [2.45, 2.75) is 0 Å². The lowest BCUT2D eigenvalue weighted by molar-refractivity contribution is 0.374. The van der Waals surface area contributed by atoms with Crippen molar-refractivity contribution in [3.05, 3.63) is 35.5 Å². The van der Waals surface area contributed by atoms with Crippen molar-refractivity contribution in [2.24, 2.45) is 0 Å².